The van der Waals surface area contributed by atoms with E-state index < -0.39 is 28.1 Å². The van der Waals surface area contributed by atoms with Crippen LogP contribution in [0.2, 0.25) is 0 Å². The van der Waals surface area contributed by atoms with E-state index in [1.54, 1.807) is 25.3 Å². The first-order valence-electron chi connectivity index (χ1n) is 12.4. The van der Waals surface area contributed by atoms with Crippen LogP contribution in [-0.2, 0) is 20.2 Å². The third-order valence-corrected chi connectivity index (χ3v) is 8.39. The molecule has 0 fully saturated rings. The molecule has 3 aromatic rings. The van der Waals surface area contributed by atoms with Gasteiger partial charge in [-0.3, -0.25) is 9.10 Å². The van der Waals surface area contributed by atoms with Gasteiger partial charge >= 0.3 is 0 Å². The summed E-state index contributed by atoms with van der Waals surface area (Å²) in [7, 11) is -0.932. The van der Waals surface area contributed by atoms with Crippen molar-refractivity contribution in [1.82, 2.24) is 5.32 Å². The van der Waals surface area contributed by atoms with Crippen LogP contribution in [0.25, 0.3) is 0 Å². The van der Waals surface area contributed by atoms with Gasteiger partial charge in [0.2, 0.25) is 0 Å². The zero-order valence-electron chi connectivity index (χ0n) is 22.5. The molecule has 1 heterocycles. The predicted octanol–water partition coefficient (Wildman–Crippen LogP) is 4.84. The highest BCUT2D eigenvalue weighted by atomic mass is 32.2. The summed E-state index contributed by atoms with van der Waals surface area (Å²) in [5.41, 5.74) is 1.93. The van der Waals surface area contributed by atoms with Gasteiger partial charge in [-0.25, -0.2) is 8.42 Å². The lowest BCUT2D eigenvalue weighted by molar-refractivity contribution is -0.128. The summed E-state index contributed by atoms with van der Waals surface area (Å²) in [5, 5.41) is 2.95. The van der Waals surface area contributed by atoms with Crippen LogP contribution >= 0.6 is 0 Å². The lowest BCUT2D eigenvalue weighted by atomic mass is 9.86. The van der Waals surface area contributed by atoms with Crippen molar-refractivity contribution < 1.29 is 27.4 Å². The van der Waals surface area contributed by atoms with Crippen molar-refractivity contribution in [2.75, 3.05) is 25.1 Å². The maximum atomic E-state index is 13.9. The van der Waals surface area contributed by atoms with Gasteiger partial charge in [-0.05, 0) is 60.4 Å². The molecular formula is C29H34N2O6S. The lowest BCUT2D eigenvalue weighted by Gasteiger charge is -2.36. The van der Waals surface area contributed by atoms with E-state index in [4.69, 9.17) is 14.2 Å². The number of anilines is 1. The van der Waals surface area contributed by atoms with Crippen molar-refractivity contribution in [3.05, 3.63) is 77.9 Å². The molecule has 0 aromatic heterocycles. The third-order valence-electron chi connectivity index (χ3n) is 6.60. The fourth-order valence-electron chi connectivity index (χ4n) is 4.37. The normalized spacial score (nSPS) is 16.2. The molecule has 1 amide bonds. The fraction of sp³-hybridized carbons (Fsp3) is 0.345. The molecule has 2 atom stereocenters. The van der Waals surface area contributed by atoms with Gasteiger partial charge in [0, 0.05) is 5.56 Å². The van der Waals surface area contributed by atoms with Crippen LogP contribution in [0.15, 0.2) is 71.6 Å². The second-order valence-corrected chi connectivity index (χ2v) is 12.1. The van der Waals surface area contributed by atoms with E-state index in [2.05, 4.69) is 26.1 Å². The number of carbonyl (C=O) groups excluding carboxylic acids is 1. The summed E-state index contributed by atoms with van der Waals surface area (Å²) in [6.45, 7) is 7.82. The van der Waals surface area contributed by atoms with Crippen molar-refractivity contribution in [2.45, 2.75) is 50.2 Å². The predicted molar refractivity (Wildman–Crippen MR) is 147 cm³/mol. The Morgan fingerprint density at radius 1 is 1.03 bits per heavy atom. The summed E-state index contributed by atoms with van der Waals surface area (Å²) in [6, 6.07) is 18.7. The van der Waals surface area contributed by atoms with Crippen LogP contribution in [0.5, 0.6) is 17.2 Å². The highest BCUT2D eigenvalue weighted by Gasteiger charge is 2.38. The van der Waals surface area contributed by atoms with Crippen LogP contribution in [0.4, 0.5) is 5.69 Å². The molecule has 1 aliphatic heterocycles. The zero-order chi connectivity index (χ0) is 27.7. The Hall–Kier alpha value is -3.72. The highest BCUT2D eigenvalue weighted by molar-refractivity contribution is 7.92. The van der Waals surface area contributed by atoms with E-state index in [0.29, 0.717) is 22.9 Å². The van der Waals surface area contributed by atoms with Gasteiger partial charge in [0.1, 0.15) is 17.2 Å². The van der Waals surface area contributed by atoms with Crippen LogP contribution in [0.1, 0.15) is 44.9 Å². The van der Waals surface area contributed by atoms with Crippen LogP contribution in [-0.4, -0.2) is 41.2 Å². The second-order valence-electron chi connectivity index (χ2n) is 10.2. The second kappa shape index (κ2) is 10.6. The minimum absolute atomic E-state index is 0.0915. The van der Waals surface area contributed by atoms with Gasteiger partial charge in [-0.15, -0.1) is 0 Å². The Kier molecular flexibility index (Phi) is 7.60. The minimum atomic E-state index is -4.02. The Labute approximate surface area is 224 Å². The summed E-state index contributed by atoms with van der Waals surface area (Å²) >= 11 is 0. The van der Waals surface area contributed by atoms with E-state index in [-0.39, 0.29) is 16.9 Å². The average molecular weight is 539 g/mol. The first-order valence-corrected chi connectivity index (χ1v) is 13.8. The molecule has 0 unspecified atom stereocenters. The van der Waals surface area contributed by atoms with E-state index in [1.807, 2.05) is 43.3 Å². The molecule has 0 aliphatic carbocycles. The number of rotatable bonds is 7. The average Bonchev–Trinajstić information content (AvgIpc) is 2.91. The summed E-state index contributed by atoms with van der Waals surface area (Å²) in [5.74, 6) is 1.09. The summed E-state index contributed by atoms with van der Waals surface area (Å²) in [4.78, 5) is 13.5. The van der Waals surface area contributed by atoms with E-state index in [0.717, 1.165) is 11.1 Å². The van der Waals surface area contributed by atoms with E-state index in [1.165, 1.54) is 23.5 Å². The third kappa shape index (κ3) is 5.43. The van der Waals surface area contributed by atoms with Gasteiger partial charge in [0.15, 0.2) is 6.10 Å². The SMILES string of the molecule is COc1ccc(S(=O)(=O)N2C[C@@H](C(=O)N[C@H](C)c3ccccc3OC)Oc3ccc(C(C)(C)C)cc32)cc1. The quantitative estimate of drug-likeness (QED) is 0.463. The Balaban J connectivity index is 1.70. The molecule has 0 saturated carbocycles. The van der Waals surface area contributed by atoms with Gasteiger partial charge in [-0.2, -0.15) is 0 Å². The molecule has 9 heteroatoms. The number of sulfonamides is 1. The number of carbonyl (C=O) groups is 1. The van der Waals surface area contributed by atoms with Gasteiger partial charge in [0.05, 0.1) is 37.4 Å². The van der Waals surface area contributed by atoms with Crippen LogP contribution < -0.4 is 23.8 Å². The maximum Gasteiger partial charge on any atom is 0.264 e. The largest absolute Gasteiger partial charge is 0.497 e. The fourth-order valence-corrected chi connectivity index (χ4v) is 5.83. The molecule has 4 rings (SSSR count). The zero-order valence-corrected chi connectivity index (χ0v) is 23.3. The molecule has 0 saturated heterocycles. The number of fused-ring (bicyclic) bond motifs is 1. The van der Waals surface area contributed by atoms with Crippen LogP contribution in [0.3, 0.4) is 0 Å². The Morgan fingerprint density at radius 2 is 1.71 bits per heavy atom. The maximum absolute atomic E-state index is 13.9. The molecule has 38 heavy (non-hydrogen) atoms. The van der Waals surface area contributed by atoms with Gasteiger partial charge in [-0.1, -0.05) is 45.0 Å². The monoisotopic (exact) mass is 538 g/mol. The number of ether oxygens (including phenoxy) is 3. The first-order chi connectivity index (χ1) is 18.0. The smallest absolute Gasteiger partial charge is 0.264 e. The first kappa shape index (κ1) is 27.3. The van der Waals surface area contributed by atoms with Crippen molar-refractivity contribution >= 4 is 21.6 Å². The number of para-hydroxylation sites is 1. The Morgan fingerprint density at radius 3 is 2.34 bits per heavy atom. The number of hydrogen-bond donors (Lipinski definition) is 1. The number of nitrogens with zero attached hydrogens (tertiary/aromatic N) is 1. The molecule has 3 aromatic carbocycles. The van der Waals surface area contributed by atoms with Crippen molar-refractivity contribution in [3.63, 3.8) is 0 Å². The molecule has 0 spiro atoms. The molecule has 0 radical (unpaired) electrons. The van der Waals surface area contributed by atoms with Gasteiger partial charge in [0.25, 0.3) is 15.9 Å². The number of nitrogens with one attached hydrogen (secondary N) is 1. The molecule has 0 bridgehead atoms. The van der Waals surface area contributed by atoms with Crippen molar-refractivity contribution in [1.29, 1.82) is 0 Å². The Bertz CT molecular complexity index is 1410. The molecular weight excluding hydrogens is 504 g/mol. The lowest BCUT2D eigenvalue weighted by Crippen LogP contribution is -2.51. The minimum Gasteiger partial charge on any atom is -0.497 e. The molecule has 1 aliphatic rings. The van der Waals surface area contributed by atoms with Crippen molar-refractivity contribution in [3.8, 4) is 17.2 Å². The number of benzene rings is 3. The number of methoxy groups -OCH3 is 2. The summed E-state index contributed by atoms with van der Waals surface area (Å²) in [6.07, 6.45) is -1.06. The number of amides is 1. The summed E-state index contributed by atoms with van der Waals surface area (Å²) < 4.78 is 45.7. The van der Waals surface area contributed by atoms with Gasteiger partial charge < -0.3 is 19.5 Å². The van der Waals surface area contributed by atoms with E-state index in [9.17, 15) is 13.2 Å². The molecule has 1 N–H and O–H groups in total. The standard InChI is InChI=1S/C29H34N2O6S/c1-19(23-9-7-8-10-25(23)36-6)30-28(32)27-18-31(38(33,34)22-14-12-21(35-5)13-15-22)24-17-20(29(2,3)4)11-16-26(24)37-27/h7-17,19,27H,18H2,1-6H3,(H,30,32)/t19-,27+/m1/s1. The topological polar surface area (TPSA) is 94.2 Å². The number of hydrogen-bond acceptors (Lipinski definition) is 6. The highest BCUT2D eigenvalue weighted by Crippen LogP contribution is 2.40. The van der Waals surface area contributed by atoms with E-state index >= 15 is 0 Å². The van der Waals surface area contributed by atoms with Crippen molar-refractivity contribution in [2.24, 2.45) is 0 Å². The molecule has 8 nitrogen and oxygen atoms in total. The molecule has 202 valence electrons. The van der Waals surface area contributed by atoms with Crippen LogP contribution in [0, 0.1) is 0 Å².